The van der Waals surface area contributed by atoms with Crippen LogP contribution >= 0.6 is 0 Å². The average molecular weight is 151 g/mol. The maximum atomic E-state index is 3.75. The van der Waals surface area contributed by atoms with Crippen LogP contribution in [-0.2, 0) is 0 Å². The van der Waals surface area contributed by atoms with Crippen molar-refractivity contribution in [3.63, 3.8) is 0 Å². The Hall–Kier alpha value is -1.38. The van der Waals surface area contributed by atoms with E-state index < -0.39 is 0 Å². The molecule has 0 aliphatic rings. The summed E-state index contributed by atoms with van der Waals surface area (Å²) in [7, 11) is 0. The Morgan fingerprint density at radius 1 is 1.36 bits per heavy atom. The van der Waals surface area contributed by atoms with E-state index in [1.54, 1.807) is 11.2 Å². The van der Waals surface area contributed by atoms with Gasteiger partial charge in [0.25, 0.3) is 0 Å². The summed E-state index contributed by atoms with van der Waals surface area (Å²) in [6.07, 6.45) is 5.42. The molecule has 0 radical (unpaired) electrons. The van der Waals surface area contributed by atoms with Crippen LogP contribution in [-0.4, -0.2) is 18.4 Å². The van der Waals surface area contributed by atoms with Gasteiger partial charge in [-0.05, 0) is 26.6 Å². The van der Waals surface area contributed by atoms with Gasteiger partial charge in [-0.15, -0.1) is 0 Å². The molecule has 0 aromatic rings. The zero-order valence-electron chi connectivity index (χ0n) is 6.99. The van der Waals surface area contributed by atoms with E-state index in [-0.39, 0.29) is 0 Å². The molecule has 0 aliphatic carbocycles. The van der Waals surface area contributed by atoms with Crippen LogP contribution in [0.2, 0.25) is 0 Å². The molecular weight excluding hydrogens is 138 g/mol. The van der Waals surface area contributed by atoms with E-state index in [0.29, 0.717) is 5.82 Å². The highest BCUT2D eigenvalue weighted by atomic mass is 15.5. The lowest BCUT2D eigenvalue weighted by molar-refractivity contribution is 0.496. The highest BCUT2D eigenvalue weighted by molar-refractivity contribution is 5.30. The third-order valence-corrected chi connectivity index (χ3v) is 1.10. The Balaban J connectivity index is 4.46. The second-order valence-electron chi connectivity index (χ2n) is 1.77. The van der Waals surface area contributed by atoms with Gasteiger partial charge >= 0.3 is 0 Å². The molecule has 0 atom stereocenters. The molecule has 0 fully saturated rings. The van der Waals surface area contributed by atoms with Gasteiger partial charge in [0.15, 0.2) is 0 Å². The topological polar surface area (TPSA) is 28.0 Å². The summed E-state index contributed by atoms with van der Waals surface area (Å²) in [5.74, 6) is 0.679. The van der Waals surface area contributed by atoms with Gasteiger partial charge in [-0.1, -0.05) is 6.08 Å². The van der Waals surface area contributed by atoms with Gasteiger partial charge in [0.05, 0.1) is 0 Å². The number of hydrogen-bond acceptors (Lipinski definition) is 3. The van der Waals surface area contributed by atoms with Crippen molar-refractivity contribution in [3.05, 3.63) is 24.2 Å². The van der Waals surface area contributed by atoms with Crippen molar-refractivity contribution in [1.82, 2.24) is 5.01 Å². The van der Waals surface area contributed by atoms with E-state index in [1.807, 2.05) is 26.0 Å². The van der Waals surface area contributed by atoms with Gasteiger partial charge < -0.3 is 0 Å². The van der Waals surface area contributed by atoms with Crippen LogP contribution in [0.4, 0.5) is 0 Å². The van der Waals surface area contributed by atoms with Crippen LogP contribution in [0.25, 0.3) is 0 Å². The monoisotopic (exact) mass is 151 g/mol. The largest absolute Gasteiger partial charge is 0.245 e. The van der Waals surface area contributed by atoms with Gasteiger partial charge in [-0.25, -0.2) is 10.0 Å². The molecule has 0 rings (SSSR count). The van der Waals surface area contributed by atoms with Crippen molar-refractivity contribution in [2.75, 3.05) is 0 Å². The summed E-state index contributed by atoms with van der Waals surface area (Å²) in [6, 6.07) is 0. The first-order valence-corrected chi connectivity index (χ1v) is 3.31. The summed E-state index contributed by atoms with van der Waals surface area (Å²) in [5, 5.41) is 5.26. The Morgan fingerprint density at radius 3 is 2.27 bits per heavy atom. The van der Waals surface area contributed by atoms with E-state index >= 15 is 0 Å². The smallest absolute Gasteiger partial charge is 0.148 e. The quantitative estimate of drug-likeness (QED) is 0.446. The zero-order valence-corrected chi connectivity index (χ0v) is 6.99. The summed E-state index contributed by atoms with van der Waals surface area (Å²) in [6.45, 7) is 10.6. The van der Waals surface area contributed by atoms with Gasteiger partial charge in [-0.3, -0.25) is 0 Å². The second kappa shape index (κ2) is 5.41. The summed E-state index contributed by atoms with van der Waals surface area (Å²) < 4.78 is 0. The average Bonchev–Trinajstić information content (AvgIpc) is 2.05. The highest BCUT2D eigenvalue weighted by Gasteiger charge is 1.97. The van der Waals surface area contributed by atoms with Crippen molar-refractivity contribution in [1.29, 1.82) is 0 Å². The Kier molecular flexibility index (Phi) is 4.73. The third-order valence-electron chi connectivity index (χ3n) is 1.10. The second-order valence-corrected chi connectivity index (χ2v) is 1.77. The van der Waals surface area contributed by atoms with Crippen molar-refractivity contribution < 1.29 is 0 Å². The minimum Gasteiger partial charge on any atom is -0.245 e. The van der Waals surface area contributed by atoms with Gasteiger partial charge in [0.2, 0.25) is 0 Å². The fraction of sp³-hybridized carbons (Fsp3) is 0.250. The van der Waals surface area contributed by atoms with E-state index in [4.69, 9.17) is 0 Å². The van der Waals surface area contributed by atoms with Crippen LogP contribution in [0, 0.1) is 0 Å². The molecule has 11 heavy (non-hydrogen) atoms. The van der Waals surface area contributed by atoms with E-state index in [9.17, 15) is 0 Å². The van der Waals surface area contributed by atoms with Gasteiger partial charge in [-0.2, -0.15) is 5.10 Å². The minimum absolute atomic E-state index is 0.679. The third kappa shape index (κ3) is 2.80. The van der Waals surface area contributed by atoms with E-state index in [2.05, 4.69) is 23.5 Å². The van der Waals surface area contributed by atoms with Gasteiger partial charge in [0, 0.05) is 12.9 Å². The lowest BCUT2D eigenvalue weighted by atomic mass is 10.5. The molecule has 0 saturated heterocycles. The maximum absolute atomic E-state index is 3.75. The predicted molar refractivity (Wildman–Crippen MR) is 49.5 cm³/mol. The van der Waals surface area contributed by atoms with Crippen LogP contribution < -0.4 is 0 Å². The van der Waals surface area contributed by atoms with Crippen LogP contribution in [0.5, 0.6) is 0 Å². The number of allylic oxidation sites excluding steroid dienone is 2. The van der Waals surface area contributed by atoms with Crippen molar-refractivity contribution in [2.45, 2.75) is 13.8 Å². The fourth-order valence-corrected chi connectivity index (χ4v) is 0.633. The van der Waals surface area contributed by atoms with Crippen molar-refractivity contribution >= 4 is 13.4 Å². The Morgan fingerprint density at radius 2 is 2.00 bits per heavy atom. The number of hydrazone groups is 1. The first kappa shape index (κ1) is 9.62. The fourth-order valence-electron chi connectivity index (χ4n) is 0.633. The van der Waals surface area contributed by atoms with E-state index in [1.165, 1.54) is 0 Å². The number of rotatable bonds is 4. The number of hydrogen-bond donors (Lipinski definition) is 0. The number of nitrogens with zero attached hydrogens (tertiary/aromatic N) is 3. The maximum Gasteiger partial charge on any atom is 0.148 e. The summed E-state index contributed by atoms with van der Waals surface area (Å²) in [4.78, 5) is 3.75. The molecule has 0 aliphatic heterocycles. The van der Waals surface area contributed by atoms with Crippen LogP contribution in [0.15, 0.2) is 34.3 Å². The molecule has 60 valence electrons. The minimum atomic E-state index is 0.679. The predicted octanol–water partition coefficient (Wildman–Crippen LogP) is 2.00. The molecule has 3 heteroatoms. The van der Waals surface area contributed by atoms with E-state index in [0.717, 1.165) is 0 Å². The first-order chi connectivity index (χ1) is 5.29. The molecule has 0 N–H and O–H groups in total. The zero-order chi connectivity index (χ0) is 8.69. The SMILES string of the molecule is C=N/C(=C/C)N(/C=C\C)N=C. The molecule has 0 heterocycles. The van der Waals surface area contributed by atoms with Gasteiger partial charge in [0.1, 0.15) is 5.82 Å². The molecule has 0 aromatic heterocycles. The van der Waals surface area contributed by atoms with Crippen molar-refractivity contribution in [3.8, 4) is 0 Å². The molecule has 0 amide bonds. The van der Waals surface area contributed by atoms with Crippen LogP contribution in [0.1, 0.15) is 13.8 Å². The molecular formula is C8H13N3. The molecule has 0 spiro atoms. The normalized spacial score (nSPS) is 11.6. The lowest BCUT2D eigenvalue weighted by Gasteiger charge is -2.11. The standard InChI is InChI=1S/C8H13N3/c1-5-7-11(10-4)8(6-2)9-3/h5-7H,3-4H2,1-2H3/b7-5-,8-6-. The lowest BCUT2D eigenvalue weighted by Crippen LogP contribution is -2.05. The number of aliphatic imine (C=N–C) groups is 1. The molecule has 0 aromatic carbocycles. The Bertz CT molecular complexity index is 192. The molecule has 0 unspecified atom stereocenters. The Labute approximate surface area is 67.4 Å². The van der Waals surface area contributed by atoms with Crippen LogP contribution in [0.3, 0.4) is 0 Å². The first-order valence-electron chi connectivity index (χ1n) is 3.31. The summed E-state index contributed by atoms with van der Waals surface area (Å²) in [5.41, 5.74) is 0. The molecule has 3 nitrogen and oxygen atoms in total. The molecule has 0 saturated carbocycles. The molecule has 0 bridgehead atoms. The summed E-state index contributed by atoms with van der Waals surface area (Å²) >= 11 is 0. The highest BCUT2D eigenvalue weighted by Crippen LogP contribution is 2.05. The van der Waals surface area contributed by atoms with Crippen molar-refractivity contribution in [2.24, 2.45) is 10.1 Å².